The molecule has 0 saturated carbocycles. The number of ether oxygens (including phenoxy) is 1. The molecule has 112 valence electrons. The van der Waals surface area contributed by atoms with E-state index in [1.54, 1.807) is 19.1 Å². The lowest BCUT2D eigenvalue weighted by atomic mass is 10.0. The summed E-state index contributed by atoms with van der Waals surface area (Å²) in [6, 6.07) is 8.89. The standard InChI is InChI=1S/C18H17NO3/c1-12(22-18(21)14-7-9-19-10-8-14)17(20)16-6-5-13-3-2-4-15(13)11-16/h5-12H,2-4H2,1H3/t12-/m0/s1. The quantitative estimate of drug-likeness (QED) is 0.642. The maximum Gasteiger partial charge on any atom is 0.338 e. The molecule has 0 spiro atoms. The summed E-state index contributed by atoms with van der Waals surface area (Å²) in [5.41, 5.74) is 3.55. The van der Waals surface area contributed by atoms with Crippen LogP contribution in [0, 0.1) is 0 Å². The third-order valence-electron chi connectivity index (χ3n) is 3.95. The fourth-order valence-corrected chi connectivity index (χ4v) is 2.73. The van der Waals surface area contributed by atoms with Crippen molar-refractivity contribution < 1.29 is 14.3 Å². The third kappa shape index (κ3) is 2.91. The normalized spacial score (nSPS) is 14.2. The lowest BCUT2D eigenvalue weighted by molar-refractivity contribution is 0.0318. The highest BCUT2D eigenvalue weighted by atomic mass is 16.5. The summed E-state index contributed by atoms with van der Waals surface area (Å²) in [7, 11) is 0. The van der Waals surface area contributed by atoms with Crippen LogP contribution < -0.4 is 0 Å². The van der Waals surface area contributed by atoms with E-state index in [1.807, 2.05) is 18.2 Å². The summed E-state index contributed by atoms with van der Waals surface area (Å²) in [6.45, 7) is 1.61. The average Bonchev–Trinajstić information content (AvgIpc) is 3.02. The van der Waals surface area contributed by atoms with E-state index in [9.17, 15) is 9.59 Å². The fourth-order valence-electron chi connectivity index (χ4n) is 2.73. The number of rotatable bonds is 4. The van der Waals surface area contributed by atoms with Crippen LogP contribution in [0.5, 0.6) is 0 Å². The Morgan fingerprint density at radius 1 is 1.05 bits per heavy atom. The average molecular weight is 295 g/mol. The second kappa shape index (κ2) is 6.10. The van der Waals surface area contributed by atoms with Crippen molar-refractivity contribution in [2.24, 2.45) is 0 Å². The Bertz CT molecular complexity index is 710. The van der Waals surface area contributed by atoms with Crippen LogP contribution in [-0.2, 0) is 17.6 Å². The van der Waals surface area contributed by atoms with E-state index < -0.39 is 12.1 Å². The Kier molecular flexibility index (Phi) is 4.00. The van der Waals surface area contributed by atoms with Gasteiger partial charge in [-0.05, 0) is 55.5 Å². The molecule has 0 bridgehead atoms. The van der Waals surface area contributed by atoms with Crippen molar-refractivity contribution >= 4 is 11.8 Å². The monoisotopic (exact) mass is 295 g/mol. The highest BCUT2D eigenvalue weighted by Crippen LogP contribution is 2.23. The van der Waals surface area contributed by atoms with E-state index >= 15 is 0 Å². The number of pyridine rings is 1. The summed E-state index contributed by atoms with van der Waals surface area (Å²) in [5, 5.41) is 0. The molecule has 0 fully saturated rings. The Morgan fingerprint density at radius 2 is 1.77 bits per heavy atom. The molecule has 0 saturated heterocycles. The van der Waals surface area contributed by atoms with E-state index in [0.717, 1.165) is 19.3 Å². The topological polar surface area (TPSA) is 56.3 Å². The van der Waals surface area contributed by atoms with Crippen LogP contribution in [0.2, 0.25) is 0 Å². The predicted octanol–water partition coefficient (Wildman–Crippen LogP) is 3.00. The van der Waals surface area contributed by atoms with Crippen molar-refractivity contribution in [3.8, 4) is 0 Å². The largest absolute Gasteiger partial charge is 0.451 e. The number of carbonyl (C=O) groups is 2. The van der Waals surface area contributed by atoms with Crippen LogP contribution in [0.1, 0.15) is 45.2 Å². The highest BCUT2D eigenvalue weighted by Gasteiger charge is 2.22. The van der Waals surface area contributed by atoms with Crippen molar-refractivity contribution in [1.29, 1.82) is 0 Å². The molecule has 0 unspecified atom stereocenters. The van der Waals surface area contributed by atoms with E-state index in [2.05, 4.69) is 4.98 Å². The van der Waals surface area contributed by atoms with Gasteiger partial charge in [-0.2, -0.15) is 0 Å². The van der Waals surface area contributed by atoms with Crippen LogP contribution in [0.3, 0.4) is 0 Å². The molecule has 22 heavy (non-hydrogen) atoms. The van der Waals surface area contributed by atoms with Gasteiger partial charge < -0.3 is 4.74 Å². The Morgan fingerprint density at radius 3 is 2.55 bits per heavy atom. The Balaban J connectivity index is 1.71. The number of carbonyl (C=O) groups excluding carboxylic acids is 2. The molecule has 1 aliphatic carbocycles. The molecular weight excluding hydrogens is 278 g/mol. The number of aryl methyl sites for hydroxylation is 2. The van der Waals surface area contributed by atoms with E-state index in [-0.39, 0.29) is 5.78 Å². The van der Waals surface area contributed by atoms with Gasteiger partial charge in [0.25, 0.3) is 0 Å². The van der Waals surface area contributed by atoms with E-state index in [4.69, 9.17) is 4.74 Å². The zero-order chi connectivity index (χ0) is 15.5. The lowest BCUT2D eigenvalue weighted by Crippen LogP contribution is -2.24. The molecule has 0 amide bonds. The van der Waals surface area contributed by atoms with Gasteiger partial charge in [-0.3, -0.25) is 9.78 Å². The van der Waals surface area contributed by atoms with Gasteiger partial charge in [-0.15, -0.1) is 0 Å². The first kappa shape index (κ1) is 14.4. The van der Waals surface area contributed by atoms with E-state index in [1.165, 1.54) is 23.5 Å². The molecule has 1 aromatic heterocycles. The zero-order valence-corrected chi connectivity index (χ0v) is 12.4. The minimum absolute atomic E-state index is 0.169. The Hall–Kier alpha value is -2.49. The number of Topliss-reactive ketones (excluding diaryl/α,β-unsaturated/α-hetero) is 1. The molecular formula is C18H17NO3. The number of benzene rings is 1. The first-order chi connectivity index (χ1) is 10.6. The van der Waals surface area contributed by atoms with Gasteiger partial charge in [0, 0.05) is 18.0 Å². The molecule has 1 aromatic carbocycles. The van der Waals surface area contributed by atoms with Gasteiger partial charge in [0.05, 0.1) is 5.56 Å². The molecule has 0 N–H and O–H groups in total. The molecule has 1 aliphatic rings. The first-order valence-corrected chi connectivity index (χ1v) is 7.42. The van der Waals surface area contributed by atoms with Gasteiger partial charge in [0.2, 0.25) is 5.78 Å². The first-order valence-electron chi connectivity index (χ1n) is 7.42. The van der Waals surface area contributed by atoms with Crippen LogP contribution in [0.4, 0.5) is 0 Å². The SMILES string of the molecule is C[C@H](OC(=O)c1ccncc1)C(=O)c1ccc2c(c1)CCC2. The number of fused-ring (bicyclic) bond motifs is 1. The summed E-state index contributed by atoms with van der Waals surface area (Å²) in [4.78, 5) is 28.2. The van der Waals surface area contributed by atoms with Crippen molar-refractivity contribution in [1.82, 2.24) is 4.98 Å². The van der Waals surface area contributed by atoms with Crippen molar-refractivity contribution in [2.45, 2.75) is 32.3 Å². The number of ketones is 1. The second-order valence-electron chi connectivity index (χ2n) is 5.48. The number of aromatic nitrogens is 1. The molecule has 4 nitrogen and oxygen atoms in total. The van der Waals surface area contributed by atoms with Crippen LogP contribution in [0.25, 0.3) is 0 Å². The molecule has 0 aliphatic heterocycles. The summed E-state index contributed by atoms with van der Waals surface area (Å²) >= 11 is 0. The minimum atomic E-state index is -0.805. The van der Waals surface area contributed by atoms with Gasteiger partial charge in [0.15, 0.2) is 6.10 Å². The summed E-state index contributed by atoms with van der Waals surface area (Å²) in [5.74, 6) is -0.679. The number of esters is 1. The number of nitrogens with zero attached hydrogens (tertiary/aromatic N) is 1. The molecule has 1 heterocycles. The molecule has 1 atom stereocenters. The number of hydrogen-bond acceptors (Lipinski definition) is 4. The van der Waals surface area contributed by atoms with Crippen LogP contribution >= 0.6 is 0 Å². The van der Waals surface area contributed by atoms with Crippen LogP contribution in [0.15, 0.2) is 42.7 Å². The summed E-state index contributed by atoms with van der Waals surface area (Å²) in [6.07, 6.45) is 5.46. The van der Waals surface area contributed by atoms with Gasteiger partial charge in [-0.1, -0.05) is 12.1 Å². The summed E-state index contributed by atoms with van der Waals surface area (Å²) < 4.78 is 5.26. The highest BCUT2D eigenvalue weighted by molar-refractivity contribution is 6.01. The van der Waals surface area contributed by atoms with Crippen molar-refractivity contribution in [3.05, 3.63) is 65.0 Å². The third-order valence-corrected chi connectivity index (χ3v) is 3.95. The van der Waals surface area contributed by atoms with Gasteiger partial charge in [0.1, 0.15) is 0 Å². The second-order valence-corrected chi connectivity index (χ2v) is 5.48. The van der Waals surface area contributed by atoms with Crippen molar-refractivity contribution in [2.75, 3.05) is 0 Å². The molecule has 2 aromatic rings. The number of hydrogen-bond donors (Lipinski definition) is 0. The minimum Gasteiger partial charge on any atom is -0.451 e. The van der Waals surface area contributed by atoms with Crippen molar-refractivity contribution in [3.63, 3.8) is 0 Å². The van der Waals surface area contributed by atoms with Gasteiger partial charge in [-0.25, -0.2) is 4.79 Å². The molecule has 4 heteroatoms. The zero-order valence-electron chi connectivity index (χ0n) is 12.4. The van der Waals surface area contributed by atoms with Gasteiger partial charge >= 0.3 is 5.97 Å². The molecule has 0 radical (unpaired) electrons. The fraction of sp³-hybridized carbons (Fsp3) is 0.278. The maximum absolute atomic E-state index is 12.4. The Labute approximate surface area is 129 Å². The van der Waals surface area contributed by atoms with Crippen LogP contribution in [-0.4, -0.2) is 22.8 Å². The predicted molar refractivity (Wildman–Crippen MR) is 81.9 cm³/mol. The van der Waals surface area contributed by atoms with E-state index in [0.29, 0.717) is 11.1 Å². The smallest absolute Gasteiger partial charge is 0.338 e. The molecule has 3 rings (SSSR count). The lowest BCUT2D eigenvalue weighted by Gasteiger charge is -2.13. The maximum atomic E-state index is 12.4.